The average molecular weight is 293 g/mol. The van der Waals surface area contributed by atoms with Gasteiger partial charge in [-0.15, -0.1) is 0 Å². The van der Waals surface area contributed by atoms with Gasteiger partial charge in [0.15, 0.2) is 0 Å². The molecule has 1 aromatic rings. The molecule has 1 saturated heterocycles. The van der Waals surface area contributed by atoms with Crippen LogP contribution in [0.4, 0.5) is 0 Å². The van der Waals surface area contributed by atoms with Gasteiger partial charge in [0.05, 0.1) is 13.2 Å². The Labute approximate surface area is 127 Å². The third-order valence-electron chi connectivity index (χ3n) is 4.00. The molecule has 1 aliphatic rings. The van der Waals surface area contributed by atoms with Crippen LogP contribution in [0, 0.1) is 13.8 Å². The largest absolute Gasteiger partial charge is 0.383 e. The summed E-state index contributed by atoms with van der Waals surface area (Å²) in [7, 11) is 1.72. The van der Waals surface area contributed by atoms with Crippen molar-refractivity contribution >= 4 is 0 Å². The Morgan fingerprint density at radius 3 is 2.62 bits per heavy atom. The lowest BCUT2D eigenvalue weighted by molar-refractivity contribution is 0.193. The minimum atomic E-state index is 0.382. The summed E-state index contributed by atoms with van der Waals surface area (Å²) < 4.78 is 10.4. The van der Waals surface area contributed by atoms with Crippen molar-refractivity contribution < 1.29 is 9.47 Å². The van der Waals surface area contributed by atoms with E-state index in [9.17, 15) is 0 Å². The molecule has 5 nitrogen and oxygen atoms in total. The van der Waals surface area contributed by atoms with E-state index in [4.69, 9.17) is 19.4 Å². The Balaban J connectivity index is 1.88. The van der Waals surface area contributed by atoms with Gasteiger partial charge in [-0.2, -0.15) is 0 Å². The molecule has 0 saturated carbocycles. The molecule has 0 aromatic carbocycles. The van der Waals surface area contributed by atoms with E-state index in [2.05, 4.69) is 19.2 Å². The van der Waals surface area contributed by atoms with E-state index in [-0.39, 0.29) is 0 Å². The maximum absolute atomic E-state index is 5.43. The molecule has 0 radical (unpaired) electrons. The summed E-state index contributed by atoms with van der Waals surface area (Å²) in [6.45, 7) is 8.47. The predicted octanol–water partition coefficient (Wildman–Crippen LogP) is 1.77. The van der Waals surface area contributed by atoms with Crippen LogP contribution in [0.5, 0.6) is 0 Å². The van der Waals surface area contributed by atoms with Crippen LogP contribution in [0.1, 0.15) is 41.5 Å². The zero-order valence-corrected chi connectivity index (χ0v) is 13.4. The number of rotatable bonds is 8. The molecule has 0 amide bonds. The number of aryl methyl sites for hydroxylation is 2. The van der Waals surface area contributed by atoms with Crippen molar-refractivity contribution in [3.05, 3.63) is 22.8 Å². The SMILES string of the molecule is COCCNCCCc1c(C)nc(C2CCOC2)nc1C. The number of ether oxygens (including phenoxy) is 2. The van der Waals surface area contributed by atoms with Gasteiger partial charge >= 0.3 is 0 Å². The molecule has 118 valence electrons. The molecule has 0 bridgehead atoms. The van der Waals surface area contributed by atoms with E-state index in [0.717, 1.165) is 69.4 Å². The van der Waals surface area contributed by atoms with Crippen molar-refractivity contribution in [2.75, 3.05) is 40.0 Å². The molecule has 2 heterocycles. The summed E-state index contributed by atoms with van der Waals surface area (Å²) in [6, 6.07) is 0. The first-order valence-electron chi connectivity index (χ1n) is 7.83. The van der Waals surface area contributed by atoms with Gasteiger partial charge < -0.3 is 14.8 Å². The zero-order chi connectivity index (χ0) is 15.1. The summed E-state index contributed by atoms with van der Waals surface area (Å²) in [6.07, 6.45) is 3.17. The van der Waals surface area contributed by atoms with Crippen LogP contribution in [0.3, 0.4) is 0 Å². The number of nitrogens with one attached hydrogen (secondary N) is 1. The first-order chi connectivity index (χ1) is 10.2. The van der Waals surface area contributed by atoms with Gasteiger partial charge in [-0.25, -0.2) is 9.97 Å². The van der Waals surface area contributed by atoms with E-state index in [1.54, 1.807) is 7.11 Å². The fourth-order valence-electron chi connectivity index (χ4n) is 2.74. The molecule has 1 fully saturated rings. The molecule has 0 aliphatic carbocycles. The van der Waals surface area contributed by atoms with Gasteiger partial charge in [0.25, 0.3) is 0 Å². The second-order valence-electron chi connectivity index (χ2n) is 5.64. The molecule has 1 aliphatic heterocycles. The molecule has 2 rings (SSSR count). The number of hydrogen-bond donors (Lipinski definition) is 1. The van der Waals surface area contributed by atoms with E-state index >= 15 is 0 Å². The van der Waals surface area contributed by atoms with Crippen LogP contribution < -0.4 is 5.32 Å². The minimum Gasteiger partial charge on any atom is -0.383 e. The van der Waals surface area contributed by atoms with Crippen molar-refractivity contribution in [2.24, 2.45) is 0 Å². The van der Waals surface area contributed by atoms with E-state index in [1.165, 1.54) is 5.56 Å². The Kier molecular flexibility index (Phi) is 6.54. The Morgan fingerprint density at radius 2 is 2.00 bits per heavy atom. The first kappa shape index (κ1) is 16.3. The highest BCUT2D eigenvalue weighted by Gasteiger charge is 2.21. The summed E-state index contributed by atoms with van der Waals surface area (Å²) in [5.74, 6) is 1.34. The maximum Gasteiger partial charge on any atom is 0.134 e. The third kappa shape index (κ3) is 4.73. The summed E-state index contributed by atoms with van der Waals surface area (Å²) in [5, 5.41) is 3.37. The first-order valence-corrected chi connectivity index (χ1v) is 7.83. The summed E-state index contributed by atoms with van der Waals surface area (Å²) >= 11 is 0. The molecule has 1 N–H and O–H groups in total. The van der Waals surface area contributed by atoms with Crippen molar-refractivity contribution in [1.82, 2.24) is 15.3 Å². The fraction of sp³-hybridized carbons (Fsp3) is 0.750. The van der Waals surface area contributed by atoms with E-state index in [1.807, 2.05) is 0 Å². The quantitative estimate of drug-likeness (QED) is 0.740. The third-order valence-corrected chi connectivity index (χ3v) is 4.00. The maximum atomic E-state index is 5.43. The van der Waals surface area contributed by atoms with Crippen LogP contribution in [0.2, 0.25) is 0 Å². The van der Waals surface area contributed by atoms with E-state index < -0.39 is 0 Å². The molecule has 21 heavy (non-hydrogen) atoms. The van der Waals surface area contributed by atoms with Crippen LogP contribution in [-0.2, 0) is 15.9 Å². The molecule has 1 unspecified atom stereocenters. The summed E-state index contributed by atoms with van der Waals surface area (Å²) in [5.41, 5.74) is 3.55. The second-order valence-corrected chi connectivity index (χ2v) is 5.64. The number of hydrogen-bond acceptors (Lipinski definition) is 5. The van der Waals surface area contributed by atoms with Gasteiger partial charge in [-0.3, -0.25) is 0 Å². The van der Waals surface area contributed by atoms with Crippen molar-refractivity contribution in [3.63, 3.8) is 0 Å². The van der Waals surface area contributed by atoms with Gasteiger partial charge in [-0.1, -0.05) is 0 Å². The lowest BCUT2D eigenvalue weighted by atomic mass is 10.0. The molecule has 0 spiro atoms. The average Bonchev–Trinajstić information content (AvgIpc) is 2.99. The molecule has 1 atom stereocenters. The normalized spacial score (nSPS) is 18.3. The molecule has 1 aromatic heterocycles. The highest BCUT2D eigenvalue weighted by molar-refractivity contribution is 5.25. The smallest absolute Gasteiger partial charge is 0.134 e. The van der Waals surface area contributed by atoms with Crippen molar-refractivity contribution in [1.29, 1.82) is 0 Å². The highest BCUT2D eigenvalue weighted by atomic mass is 16.5. The zero-order valence-electron chi connectivity index (χ0n) is 13.4. The lowest BCUT2D eigenvalue weighted by Crippen LogP contribution is -2.21. The topological polar surface area (TPSA) is 56.3 Å². The Morgan fingerprint density at radius 1 is 1.24 bits per heavy atom. The predicted molar refractivity (Wildman–Crippen MR) is 82.7 cm³/mol. The van der Waals surface area contributed by atoms with Crippen LogP contribution >= 0.6 is 0 Å². The second kappa shape index (κ2) is 8.41. The van der Waals surface area contributed by atoms with Crippen molar-refractivity contribution in [2.45, 2.75) is 39.0 Å². The molecule has 5 heteroatoms. The fourth-order valence-corrected chi connectivity index (χ4v) is 2.74. The number of nitrogens with zero attached hydrogens (tertiary/aromatic N) is 2. The van der Waals surface area contributed by atoms with Crippen molar-refractivity contribution in [3.8, 4) is 0 Å². The van der Waals surface area contributed by atoms with Gasteiger partial charge in [0.1, 0.15) is 5.82 Å². The van der Waals surface area contributed by atoms with Gasteiger partial charge in [-0.05, 0) is 45.2 Å². The van der Waals surface area contributed by atoms with E-state index in [0.29, 0.717) is 5.92 Å². The number of aromatic nitrogens is 2. The van der Waals surface area contributed by atoms with Crippen LogP contribution in [-0.4, -0.2) is 50.0 Å². The minimum absolute atomic E-state index is 0.382. The molecular formula is C16H27N3O2. The Hall–Kier alpha value is -1.04. The monoisotopic (exact) mass is 293 g/mol. The van der Waals surface area contributed by atoms with Gasteiger partial charge in [0.2, 0.25) is 0 Å². The van der Waals surface area contributed by atoms with Gasteiger partial charge in [0, 0.05) is 37.6 Å². The lowest BCUT2D eigenvalue weighted by Gasteiger charge is -2.13. The molecular weight excluding hydrogens is 266 g/mol. The summed E-state index contributed by atoms with van der Waals surface area (Å²) in [4.78, 5) is 9.43. The van der Waals surface area contributed by atoms with Crippen LogP contribution in [0.15, 0.2) is 0 Å². The standard InChI is InChI=1S/C16H27N3O2/c1-12-15(5-4-7-17-8-10-20-3)13(2)19-16(18-12)14-6-9-21-11-14/h14,17H,4-11H2,1-3H3. The highest BCUT2D eigenvalue weighted by Crippen LogP contribution is 2.24. The Bertz CT molecular complexity index is 422. The number of methoxy groups -OCH3 is 1. The van der Waals surface area contributed by atoms with Crippen LogP contribution in [0.25, 0.3) is 0 Å².